The zero-order valence-electron chi connectivity index (χ0n) is 12.4. The summed E-state index contributed by atoms with van der Waals surface area (Å²) < 4.78 is 1.92. The zero-order chi connectivity index (χ0) is 14.0. The maximum Gasteiger partial charge on any atom is 0.0860 e. The number of rotatable bonds is 3. The van der Waals surface area contributed by atoms with Gasteiger partial charge in [-0.3, -0.25) is 9.58 Å². The van der Waals surface area contributed by atoms with Gasteiger partial charge in [-0.1, -0.05) is 18.5 Å². The summed E-state index contributed by atoms with van der Waals surface area (Å²) >= 11 is 6.37. The molecule has 2 unspecified atom stereocenters. The molecule has 1 aromatic heterocycles. The predicted octanol–water partition coefficient (Wildman–Crippen LogP) is 2.34. The second-order valence-electron chi connectivity index (χ2n) is 5.60. The minimum absolute atomic E-state index is 0.579. The normalized spacial score (nSPS) is 25.5. The first-order valence-electron chi connectivity index (χ1n) is 7.18. The van der Waals surface area contributed by atoms with Crippen molar-refractivity contribution in [3.8, 4) is 0 Å². The van der Waals surface area contributed by atoms with Crippen molar-refractivity contribution in [2.24, 2.45) is 7.05 Å². The van der Waals surface area contributed by atoms with Crippen LogP contribution in [0.25, 0.3) is 0 Å². The molecule has 0 radical (unpaired) electrons. The van der Waals surface area contributed by atoms with Crippen LogP contribution in [0.5, 0.6) is 0 Å². The summed E-state index contributed by atoms with van der Waals surface area (Å²) in [7, 11) is 1.98. The third-order valence-electron chi connectivity index (χ3n) is 4.18. The number of hydrogen-bond donors (Lipinski definition) is 1. The minimum atomic E-state index is 0.579. The lowest BCUT2D eigenvalue weighted by Gasteiger charge is -2.28. The number of hydrogen-bond acceptors (Lipinski definition) is 3. The van der Waals surface area contributed by atoms with E-state index in [1.165, 1.54) is 12.8 Å². The highest BCUT2D eigenvalue weighted by Gasteiger charge is 2.24. The molecule has 5 heteroatoms. The third-order valence-corrected chi connectivity index (χ3v) is 4.67. The van der Waals surface area contributed by atoms with Crippen LogP contribution in [0.15, 0.2) is 0 Å². The molecule has 0 spiro atoms. The quantitative estimate of drug-likeness (QED) is 0.925. The Balaban J connectivity index is 2.15. The molecule has 2 heterocycles. The van der Waals surface area contributed by atoms with Gasteiger partial charge in [-0.15, -0.1) is 0 Å². The Morgan fingerprint density at radius 2 is 2.21 bits per heavy atom. The summed E-state index contributed by atoms with van der Waals surface area (Å²) in [5, 5.41) is 8.84. The molecule has 4 nitrogen and oxygen atoms in total. The zero-order valence-corrected chi connectivity index (χ0v) is 13.2. The molecule has 1 aromatic rings. The van der Waals surface area contributed by atoms with Crippen LogP contribution in [0.3, 0.4) is 0 Å². The maximum absolute atomic E-state index is 6.37. The van der Waals surface area contributed by atoms with E-state index in [0.717, 1.165) is 36.0 Å². The largest absolute Gasteiger partial charge is 0.313 e. The number of halogens is 1. The van der Waals surface area contributed by atoms with Crippen molar-refractivity contribution in [2.75, 3.05) is 13.1 Å². The van der Waals surface area contributed by atoms with Gasteiger partial charge < -0.3 is 5.32 Å². The van der Waals surface area contributed by atoms with Crippen LogP contribution in [0.1, 0.15) is 38.1 Å². The second-order valence-corrected chi connectivity index (χ2v) is 5.97. The Bertz CT molecular complexity index is 429. The molecule has 108 valence electrons. The minimum Gasteiger partial charge on any atom is -0.313 e. The van der Waals surface area contributed by atoms with E-state index in [9.17, 15) is 0 Å². The molecule has 1 fully saturated rings. The molecule has 2 atom stereocenters. The summed E-state index contributed by atoms with van der Waals surface area (Å²) in [5.41, 5.74) is 2.05. The van der Waals surface area contributed by atoms with Crippen LogP contribution in [0.2, 0.25) is 5.02 Å². The maximum atomic E-state index is 6.37. The summed E-state index contributed by atoms with van der Waals surface area (Å²) in [4.78, 5) is 2.52. The van der Waals surface area contributed by atoms with Gasteiger partial charge in [-0.05, 0) is 33.2 Å². The molecule has 1 saturated heterocycles. The molecule has 0 bridgehead atoms. The summed E-state index contributed by atoms with van der Waals surface area (Å²) in [6, 6.07) is 1.16. The van der Waals surface area contributed by atoms with Gasteiger partial charge in [0.05, 0.1) is 16.4 Å². The molecular weight excluding hydrogens is 260 g/mol. The smallest absolute Gasteiger partial charge is 0.0860 e. The topological polar surface area (TPSA) is 33.1 Å². The first-order chi connectivity index (χ1) is 9.02. The molecule has 1 N–H and O–H groups in total. The SMILES string of the molecule is CCC1CN(Cc2c(Cl)c(C)nn2C)C(C)CCN1. The Morgan fingerprint density at radius 3 is 2.79 bits per heavy atom. The summed E-state index contributed by atoms with van der Waals surface area (Å²) in [6.45, 7) is 9.58. The van der Waals surface area contributed by atoms with Crippen molar-refractivity contribution in [2.45, 2.75) is 52.2 Å². The van der Waals surface area contributed by atoms with Gasteiger partial charge >= 0.3 is 0 Å². The van der Waals surface area contributed by atoms with Crippen molar-refractivity contribution in [3.63, 3.8) is 0 Å². The highest BCUT2D eigenvalue weighted by Crippen LogP contribution is 2.23. The van der Waals surface area contributed by atoms with Crippen LogP contribution >= 0.6 is 11.6 Å². The van der Waals surface area contributed by atoms with Gasteiger partial charge in [0.15, 0.2) is 0 Å². The fourth-order valence-corrected chi connectivity index (χ4v) is 2.96. The fourth-order valence-electron chi connectivity index (χ4n) is 2.74. The highest BCUT2D eigenvalue weighted by molar-refractivity contribution is 6.31. The van der Waals surface area contributed by atoms with Gasteiger partial charge in [0.2, 0.25) is 0 Å². The van der Waals surface area contributed by atoms with E-state index >= 15 is 0 Å². The van der Waals surface area contributed by atoms with Crippen LogP contribution in [0.4, 0.5) is 0 Å². The molecule has 1 aliphatic rings. The van der Waals surface area contributed by atoms with Crippen molar-refractivity contribution >= 4 is 11.6 Å². The average molecular weight is 285 g/mol. The predicted molar refractivity (Wildman–Crippen MR) is 79.5 cm³/mol. The number of nitrogens with zero attached hydrogens (tertiary/aromatic N) is 3. The van der Waals surface area contributed by atoms with E-state index < -0.39 is 0 Å². The molecule has 0 aliphatic carbocycles. The lowest BCUT2D eigenvalue weighted by molar-refractivity contribution is 0.190. The van der Waals surface area contributed by atoms with Gasteiger partial charge in [-0.25, -0.2) is 0 Å². The van der Waals surface area contributed by atoms with Gasteiger partial charge in [0.25, 0.3) is 0 Å². The van der Waals surface area contributed by atoms with Crippen molar-refractivity contribution in [1.82, 2.24) is 20.0 Å². The third kappa shape index (κ3) is 3.30. The van der Waals surface area contributed by atoms with Crippen molar-refractivity contribution < 1.29 is 0 Å². The molecule has 0 amide bonds. The van der Waals surface area contributed by atoms with Crippen LogP contribution in [-0.4, -0.2) is 39.9 Å². The molecular formula is C14H25ClN4. The number of aryl methyl sites for hydroxylation is 2. The first-order valence-corrected chi connectivity index (χ1v) is 7.56. The lowest BCUT2D eigenvalue weighted by Crippen LogP contribution is -2.39. The van der Waals surface area contributed by atoms with E-state index in [1.807, 2.05) is 18.7 Å². The standard InChI is InChI=1S/C14H25ClN4/c1-5-12-8-19(10(2)6-7-16-12)9-13-14(15)11(3)17-18(13)4/h10,12,16H,5-9H2,1-4H3. The monoisotopic (exact) mass is 284 g/mol. The van der Waals surface area contributed by atoms with Crippen LogP contribution < -0.4 is 5.32 Å². The Hall–Kier alpha value is -0.580. The molecule has 0 saturated carbocycles. The summed E-state index contributed by atoms with van der Waals surface area (Å²) in [6.07, 6.45) is 2.35. The molecule has 1 aliphatic heterocycles. The number of nitrogens with one attached hydrogen (secondary N) is 1. The van der Waals surface area contributed by atoms with E-state index in [4.69, 9.17) is 11.6 Å². The summed E-state index contributed by atoms with van der Waals surface area (Å²) in [5.74, 6) is 0. The molecule has 19 heavy (non-hydrogen) atoms. The van der Waals surface area contributed by atoms with E-state index in [0.29, 0.717) is 12.1 Å². The van der Waals surface area contributed by atoms with Gasteiger partial charge in [0, 0.05) is 32.2 Å². The van der Waals surface area contributed by atoms with Crippen LogP contribution in [-0.2, 0) is 13.6 Å². The molecule has 0 aromatic carbocycles. The van der Waals surface area contributed by atoms with Crippen LogP contribution in [0, 0.1) is 6.92 Å². The van der Waals surface area contributed by atoms with E-state index in [-0.39, 0.29) is 0 Å². The second kappa shape index (κ2) is 6.25. The van der Waals surface area contributed by atoms with E-state index in [2.05, 4.69) is 29.2 Å². The average Bonchev–Trinajstić information content (AvgIpc) is 2.55. The first kappa shape index (κ1) is 14.8. The van der Waals surface area contributed by atoms with Gasteiger partial charge in [-0.2, -0.15) is 5.10 Å². The number of aromatic nitrogens is 2. The molecule has 2 rings (SSSR count). The van der Waals surface area contributed by atoms with E-state index in [1.54, 1.807) is 0 Å². The van der Waals surface area contributed by atoms with Crippen molar-refractivity contribution in [3.05, 3.63) is 16.4 Å². The van der Waals surface area contributed by atoms with Crippen molar-refractivity contribution in [1.29, 1.82) is 0 Å². The fraction of sp³-hybridized carbons (Fsp3) is 0.786. The Labute approximate surface area is 121 Å². The highest BCUT2D eigenvalue weighted by atomic mass is 35.5. The Morgan fingerprint density at radius 1 is 1.47 bits per heavy atom. The lowest BCUT2D eigenvalue weighted by atomic mass is 10.2. The van der Waals surface area contributed by atoms with Gasteiger partial charge in [0.1, 0.15) is 0 Å². The Kier molecular flexibility index (Phi) is 4.87.